The first-order valence-corrected chi connectivity index (χ1v) is 12.0. The topological polar surface area (TPSA) is 55.6 Å². The van der Waals surface area contributed by atoms with Gasteiger partial charge in [0, 0.05) is 30.2 Å². The van der Waals surface area contributed by atoms with Gasteiger partial charge in [0.05, 0.1) is 6.54 Å². The number of hydrogen-bond donors (Lipinski definition) is 1. The Balaban J connectivity index is 1.45. The lowest BCUT2D eigenvalue weighted by atomic mass is 10.1. The van der Waals surface area contributed by atoms with E-state index in [0.29, 0.717) is 11.3 Å². The molecule has 0 radical (unpaired) electrons. The van der Waals surface area contributed by atoms with Crippen molar-refractivity contribution in [2.45, 2.75) is 103 Å². The zero-order valence-electron chi connectivity index (χ0n) is 17.9. The van der Waals surface area contributed by atoms with Crippen LogP contribution in [0.2, 0.25) is 0 Å². The van der Waals surface area contributed by atoms with Crippen molar-refractivity contribution in [1.29, 1.82) is 0 Å². The van der Waals surface area contributed by atoms with Crippen molar-refractivity contribution in [2.24, 2.45) is 0 Å². The summed E-state index contributed by atoms with van der Waals surface area (Å²) in [6, 6.07) is 0. The van der Waals surface area contributed by atoms with Crippen molar-refractivity contribution >= 4 is 12.2 Å². The highest BCUT2D eigenvalue weighted by Gasteiger charge is 2.19. The maximum absolute atomic E-state index is 12.1. The third-order valence-electron chi connectivity index (χ3n) is 6.11. The van der Waals surface area contributed by atoms with Crippen molar-refractivity contribution in [3.8, 4) is 0 Å². The van der Waals surface area contributed by atoms with Crippen LogP contribution in [0.3, 0.4) is 0 Å². The molecule has 0 aliphatic heterocycles. The predicted octanol–water partition coefficient (Wildman–Crippen LogP) is 5.56. The first-order chi connectivity index (χ1) is 14.2. The number of nitrogens with one attached hydrogen (secondary N) is 1. The van der Waals surface area contributed by atoms with E-state index in [1.165, 1.54) is 64.2 Å². The number of nitrogens with zero attached hydrogens (tertiary/aromatic N) is 3. The first-order valence-electron chi connectivity index (χ1n) is 11.6. The van der Waals surface area contributed by atoms with Gasteiger partial charge < -0.3 is 9.13 Å². The third kappa shape index (κ3) is 6.14. The first kappa shape index (κ1) is 22.0. The molecule has 1 aliphatic rings. The van der Waals surface area contributed by atoms with Crippen LogP contribution in [-0.4, -0.2) is 19.1 Å². The second-order valence-electron chi connectivity index (χ2n) is 8.34. The van der Waals surface area contributed by atoms with Gasteiger partial charge >= 0.3 is 0 Å². The molecule has 0 spiro atoms. The maximum atomic E-state index is 12.1. The Labute approximate surface area is 179 Å². The summed E-state index contributed by atoms with van der Waals surface area (Å²) in [5.74, 6) is 1.03. The molecule has 29 heavy (non-hydrogen) atoms. The standard InChI is InChI=1S/C23H36N4OS/c1-2-3-4-5-6-7-8-9-10-11-16-26-17-15-24-21(26)18-27-20-14-12-13-19(20)22(28)25-23(27)29/h15,17H,2-14,16,18H2,1H3,(H,25,28,29). The lowest BCUT2D eigenvalue weighted by molar-refractivity contribution is 0.522. The monoisotopic (exact) mass is 416 g/mol. The SMILES string of the molecule is CCCCCCCCCCCCn1ccnc1Cn1c2c(c(=O)[nH]c1=S)CCC2. The van der Waals surface area contributed by atoms with E-state index in [4.69, 9.17) is 12.2 Å². The van der Waals surface area contributed by atoms with Gasteiger partial charge in [-0.3, -0.25) is 9.78 Å². The summed E-state index contributed by atoms with van der Waals surface area (Å²) < 4.78 is 4.85. The molecule has 0 unspecified atom stereocenters. The van der Waals surface area contributed by atoms with Gasteiger partial charge in [0.15, 0.2) is 4.77 Å². The fourth-order valence-corrected chi connectivity index (χ4v) is 4.67. The Morgan fingerprint density at radius 3 is 2.45 bits per heavy atom. The highest BCUT2D eigenvalue weighted by atomic mass is 32.1. The quantitative estimate of drug-likeness (QED) is 0.343. The molecule has 5 nitrogen and oxygen atoms in total. The molecule has 2 aromatic heterocycles. The fourth-order valence-electron chi connectivity index (χ4n) is 4.41. The Morgan fingerprint density at radius 1 is 1.03 bits per heavy atom. The molecule has 0 bridgehead atoms. The van der Waals surface area contributed by atoms with E-state index in [1.54, 1.807) is 0 Å². The summed E-state index contributed by atoms with van der Waals surface area (Å²) in [5.41, 5.74) is 2.01. The molecule has 0 amide bonds. The van der Waals surface area contributed by atoms with Crippen molar-refractivity contribution in [2.75, 3.05) is 0 Å². The number of rotatable bonds is 13. The number of aromatic nitrogens is 4. The van der Waals surface area contributed by atoms with Crippen molar-refractivity contribution in [3.05, 3.63) is 44.6 Å². The van der Waals surface area contributed by atoms with E-state index < -0.39 is 0 Å². The van der Waals surface area contributed by atoms with E-state index in [1.807, 2.05) is 6.20 Å². The number of H-pyrrole nitrogens is 1. The average molecular weight is 417 g/mol. The van der Waals surface area contributed by atoms with Crippen LogP contribution >= 0.6 is 12.2 Å². The summed E-state index contributed by atoms with van der Waals surface area (Å²) in [6.45, 7) is 3.92. The van der Waals surface area contributed by atoms with Crippen LogP contribution in [0.15, 0.2) is 17.2 Å². The third-order valence-corrected chi connectivity index (χ3v) is 6.43. The second-order valence-corrected chi connectivity index (χ2v) is 8.73. The molecule has 0 aromatic carbocycles. The van der Waals surface area contributed by atoms with Gasteiger partial charge in [0.2, 0.25) is 0 Å². The Kier molecular flexibility index (Phi) is 8.71. The number of aromatic amines is 1. The average Bonchev–Trinajstić information content (AvgIpc) is 3.36. The maximum Gasteiger partial charge on any atom is 0.255 e. The Morgan fingerprint density at radius 2 is 1.72 bits per heavy atom. The van der Waals surface area contributed by atoms with Crippen LogP contribution in [0.1, 0.15) is 94.6 Å². The molecule has 0 atom stereocenters. The van der Waals surface area contributed by atoms with E-state index >= 15 is 0 Å². The van der Waals surface area contributed by atoms with Crippen LogP contribution < -0.4 is 5.56 Å². The van der Waals surface area contributed by atoms with E-state index in [2.05, 4.69) is 32.2 Å². The minimum absolute atomic E-state index is 0.00699. The normalized spacial score (nSPS) is 13.1. The molecule has 0 fully saturated rings. The number of hydrogen-bond acceptors (Lipinski definition) is 3. The van der Waals surface area contributed by atoms with Gasteiger partial charge in [0.1, 0.15) is 5.82 Å². The molecule has 1 N–H and O–H groups in total. The molecule has 160 valence electrons. The van der Waals surface area contributed by atoms with Crippen LogP contribution in [0.5, 0.6) is 0 Å². The Hall–Kier alpha value is -1.69. The Bertz CT molecular complexity index is 880. The summed E-state index contributed by atoms with van der Waals surface area (Å²) in [7, 11) is 0. The van der Waals surface area contributed by atoms with Gasteiger partial charge in [-0.2, -0.15) is 0 Å². The van der Waals surface area contributed by atoms with Crippen LogP contribution in [0, 0.1) is 4.77 Å². The number of imidazole rings is 1. The van der Waals surface area contributed by atoms with Crippen molar-refractivity contribution in [3.63, 3.8) is 0 Å². The molecule has 3 rings (SSSR count). The molecule has 0 saturated heterocycles. The molecule has 6 heteroatoms. The van der Waals surface area contributed by atoms with E-state index in [9.17, 15) is 4.79 Å². The highest BCUT2D eigenvalue weighted by molar-refractivity contribution is 7.71. The fraction of sp³-hybridized carbons (Fsp3) is 0.696. The molecular formula is C23H36N4OS. The minimum Gasteiger partial charge on any atom is -0.333 e. The van der Waals surface area contributed by atoms with Gasteiger partial charge in [0.25, 0.3) is 5.56 Å². The van der Waals surface area contributed by atoms with Crippen molar-refractivity contribution in [1.82, 2.24) is 19.1 Å². The lowest BCUT2D eigenvalue weighted by Gasteiger charge is -2.14. The number of aryl methyl sites for hydroxylation is 1. The number of fused-ring (bicyclic) bond motifs is 1. The van der Waals surface area contributed by atoms with Crippen LogP contribution in [-0.2, 0) is 25.9 Å². The molecule has 2 aromatic rings. The summed E-state index contributed by atoms with van der Waals surface area (Å²) in [4.78, 5) is 19.5. The van der Waals surface area contributed by atoms with Gasteiger partial charge in [-0.05, 0) is 37.9 Å². The molecular weight excluding hydrogens is 380 g/mol. The second kappa shape index (κ2) is 11.5. The molecule has 1 aliphatic carbocycles. The number of unbranched alkanes of at least 4 members (excludes halogenated alkanes) is 9. The van der Waals surface area contributed by atoms with E-state index in [0.717, 1.165) is 42.9 Å². The zero-order chi connectivity index (χ0) is 20.5. The van der Waals surface area contributed by atoms with Crippen molar-refractivity contribution < 1.29 is 0 Å². The lowest BCUT2D eigenvalue weighted by Crippen LogP contribution is -2.21. The van der Waals surface area contributed by atoms with Gasteiger partial charge in [-0.1, -0.05) is 64.7 Å². The smallest absolute Gasteiger partial charge is 0.255 e. The summed E-state index contributed by atoms with van der Waals surface area (Å²) in [6.07, 6.45) is 20.2. The van der Waals surface area contributed by atoms with Crippen LogP contribution in [0.25, 0.3) is 0 Å². The molecule has 2 heterocycles. The zero-order valence-corrected chi connectivity index (χ0v) is 18.7. The minimum atomic E-state index is -0.00699. The van der Waals surface area contributed by atoms with Gasteiger partial charge in [-0.15, -0.1) is 0 Å². The summed E-state index contributed by atoms with van der Waals surface area (Å²) >= 11 is 5.45. The van der Waals surface area contributed by atoms with E-state index in [-0.39, 0.29) is 5.56 Å². The van der Waals surface area contributed by atoms with Gasteiger partial charge in [-0.25, -0.2) is 4.98 Å². The largest absolute Gasteiger partial charge is 0.333 e. The summed E-state index contributed by atoms with van der Waals surface area (Å²) in [5, 5.41) is 0. The molecule has 0 saturated carbocycles. The highest BCUT2D eigenvalue weighted by Crippen LogP contribution is 2.19. The predicted molar refractivity (Wildman–Crippen MR) is 121 cm³/mol. The van der Waals surface area contributed by atoms with Crippen LogP contribution in [0.4, 0.5) is 0 Å².